The van der Waals surface area contributed by atoms with Crippen LogP contribution in [0.4, 0.5) is 0 Å². The summed E-state index contributed by atoms with van der Waals surface area (Å²) < 4.78 is 0. The number of unbranched alkanes of at least 4 members (excludes halogenated alkanes) is 1. The molecule has 1 heterocycles. The van der Waals surface area contributed by atoms with Gasteiger partial charge in [0.1, 0.15) is 0 Å². The summed E-state index contributed by atoms with van der Waals surface area (Å²) in [5.41, 5.74) is 5.91. The molecular formula is C17H32ClN3O2. The number of nitrogens with two attached hydrogens (primary N) is 1. The fraction of sp³-hybridized carbons (Fsp3) is 0.882. The minimum absolute atomic E-state index is 0. The van der Waals surface area contributed by atoms with Gasteiger partial charge in [-0.15, -0.1) is 12.4 Å². The summed E-state index contributed by atoms with van der Waals surface area (Å²) >= 11 is 0. The van der Waals surface area contributed by atoms with Crippen LogP contribution in [0.25, 0.3) is 0 Å². The lowest BCUT2D eigenvalue weighted by Crippen LogP contribution is -2.45. The summed E-state index contributed by atoms with van der Waals surface area (Å²) in [6.45, 7) is 4.43. The molecule has 2 rings (SSSR count). The van der Waals surface area contributed by atoms with Crippen LogP contribution in [0.3, 0.4) is 0 Å². The van der Waals surface area contributed by atoms with Gasteiger partial charge in [0.05, 0.1) is 0 Å². The first kappa shape index (κ1) is 20.2. The molecule has 2 N–H and O–H groups in total. The van der Waals surface area contributed by atoms with Crippen LogP contribution in [0.5, 0.6) is 0 Å². The zero-order valence-electron chi connectivity index (χ0n) is 14.5. The van der Waals surface area contributed by atoms with Gasteiger partial charge in [0.2, 0.25) is 11.8 Å². The summed E-state index contributed by atoms with van der Waals surface area (Å²) in [4.78, 5) is 28.7. The number of rotatable bonds is 5. The SMILES string of the molecule is CCCCN(C)C(=O)C1CCN(C(=O)C2CCC(N)C2)CC1.Cl. The molecule has 1 aliphatic carbocycles. The van der Waals surface area contributed by atoms with E-state index >= 15 is 0 Å². The van der Waals surface area contributed by atoms with Crippen LogP contribution in [-0.2, 0) is 9.59 Å². The molecule has 2 amide bonds. The first-order valence-corrected chi connectivity index (χ1v) is 8.82. The van der Waals surface area contributed by atoms with Crippen molar-refractivity contribution in [2.24, 2.45) is 17.6 Å². The van der Waals surface area contributed by atoms with Gasteiger partial charge in [-0.2, -0.15) is 0 Å². The van der Waals surface area contributed by atoms with Crippen LogP contribution in [0, 0.1) is 11.8 Å². The molecule has 0 aromatic rings. The maximum atomic E-state index is 12.5. The smallest absolute Gasteiger partial charge is 0.225 e. The molecule has 0 aromatic heterocycles. The van der Waals surface area contributed by atoms with Gasteiger partial charge in [-0.05, 0) is 38.5 Å². The summed E-state index contributed by atoms with van der Waals surface area (Å²) in [5, 5.41) is 0. The number of halogens is 1. The van der Waals surface area contributed by atoms with E-state index in [4.69, 9.17) is 5.73 Å². The molecule has 2 fully saturated rings. The van der Waals surface area contributed by atoms with E-state index in [9.17, 15) is 9.59 Å². The molecule has 6 heteroatoms. The van der Waals surface area contributed by atoms with Crippen molar-refractivity contribution in [2.45, 2.75) is 57.9 Å². The first-order valence-electron chi connectivity index (χ1n) is 8.82. The third-order valence-electron chi connectivity index (χ3n) is 5.20. The van der Waals surface area contributed by atoms with E-state index in [2.05, 4.69) is 6.92 Å². The molecule has 1 saturated carbocycles. The minimum Gasteiger partial charge on any atom is -0.346 e. The van der Waals surface area contributed by atoms with Crippen molar-refractivity contribution in [3.05, 3.63) is 0 Å². The molecule has 1 saturated heterocycles. The average Bonchev–Trinajstić information content (AvgIpc) is 2.97. The van der Waals surface area contributed by atoms with Crippen molar-refractivity contribution in [3.8, 4) is 0 Å². The van der Waals surface area contributed by atoms with E-state index in [1.54, 1.807) is 0 Å². The van der Waals surface area contributed by atoms with Gasteiger partial charge in [0, 0.05) is 44.6 Å². The lowest BCUT2D eigenvalue weighted by Gasteiger charge is -2.34. The summed E-state index contributed by atoms with van der Waals surface area (Å²) in [6, 6.07) is 0.195. The number of carbonyl (C=O) groups is 2. The van der Waals surface area contributed by atoms with Crippen molar-refractivity contribution in [3.63, 3.8) is 0 Å². The lowest BCUT2D eigenvalue weighted by atomic mass is 9.94. The summed E-state index contributed by atoms with van der Waals surface area (Å²) in [6.07, 6.45) is 6.50. The standard InChI is InChI=1S/C17H31N3O2.ClH/c1-3-4-9-19(2)16(21)13-7-10-20(11-8-13)17(22)14-5-6-15(18)12-14;/h13-15H,3-12,18H2,1-2H3;1H. The molecule has 0 aromatic carbocycles. The second-order valence-corrected chi connectivity index (χ2v) is 6.98. The Morgan fingerprint density at radius 1 is 1.13 bits per heavy atom. The molecule has 0 bridgehead atoms. The number of nitrogens with zero attached hydrogens (tertiary/aromatic N) is 2. The molecule has 23 heavy (non-hydrogen) atoms. The minimum atomic E-state index is 0. The van der Waals surface area contributed by atoms with E-state index in [0.717, 1.165) is 64.6 Å². The van der Waals surface area contributed by atoms with Crippen molar-refractivity contribution >= 4 is 24.2 Å². The van der Waals surface area contributed by atoms with Crippen molar-refractivity contribution in [2.75, 3.05) is 26.7 Å². The van der Waals surface area contributed by atoms with Gasteiger partial charge >= 0.3 is 0 Å². The van der Waals surface area contributed by atoms with Gasteiger partial charge < -0.3 is 15.5 Å². The van der Waals surface area contributed by atoms with Crippen LogP contribution in [-0.4, -0.2) is 54.3 Å². The third kappa shape index (κ3) is 5.35. The number of hydrogen-bond acceptors (Lipinski definition) is 3. The molecule has 0 radical (unpaired) electrons. The fourth-order valence-electron chi connectivity index (χ4n) is 3.66. The van der Waals surface area contributed by atoms with E-state index in [1.165, 1.54) is 0 Å². The Kier molecular flexibility index (Phi) is 8.34. The third-order valence-corrected chi connectivity index (χ3v) is 5.20. The number of piperidine rings is 1. The Bertz CT molecular complexity index is 397. The molecule has 2 aliphatic rings. The van der Waals surface area contributed by atoms with E-state index in [-0.39, 0.29) is 42.1 Å². The van der Waals surface area contributed by atoms with Crippen molar-refractivity contribution in [1.29, 1.82) is 0 Å². The highest BCUT2D eigenvalue weighted by atomic mass is 35.5. The number of carbonyl (C=O) groups excluding carboxylic acids is 2. The molecular weight excluding hydrogens is 314 g/mol. The topological polar surface area (TPSA) is 66.6 Å². The Balaban J connectivity index is 0.00000264. The maximum absolute atomic E-state index is 12.5. The Morgan fingerprint density at radius 3 is 2.30 bits per heavy atom. The zero-order valence-corrected chi connectivity index (χ0v) is 15.3. The molecule has 134 valence electrons. The molecule has 1 aliphatic heterocycles. The second kappa shape index (κ2) is 9.48. The van der Waals surface area contributed by atoms with E-state index in [0.29, 0.717) is 0 Å². The van der Waals surface area contributed by atoms with Crippen LogP contribution in [0.1, 0.15) is 51.9 Å². The predicted molar refractivity (Wildman–Crippen MR) is 94.4 cm³/mol. The first-order chi connectivity index (χ1) is 10.5. The van der Waals surface area contributed by atoms with Crippen molar-refractivity contribution < 1.29 is 9.59 Å². The highest BCUT2D eigenvalue weighted by Gasteiger charge is 2.34. The molecule has 2 unspecified atom stereocenters. The normalized spacial score (nSPS) is 25.1. The Morgan fingerprint density at radius 2 is 1.78 bits per heavy atom. The Labute approximate surface area is 146 Å². The lowest BCUT2D eigenvalue weighted by molar-refractivity contribution is -0.141. The number of amides is 2. The summed E-state index contributed by atoms with van der Waals surface area (Å²) in [5.74, 6) is 0.729. The van der Waals surface area contributed by atoms with Gasteiger partial charge in [0.15, 0.2) is 0 Å². The van der Waals surface area contributed by atoms with E-state index < -0.39 is 0 Å². The Hall–Kier alpha value is -0.810. The zero-order chi connectivity index (χ0) is 16.1. The summed E-state index contributed by atoms with van der Waals surface area (Å²) in [7, 11) is 1.90. The second-order valence-electron chi connectivity index (χ2n) is 6.98. The van der Waals surface area contributed by atoms with Crippen LogP contribution >= 0.6 is 12.4 Å². The fourth-order valence-corrected chi connectivity index (χ4v) is 3.66. The van der Waals surface area contributed by atoms with Crippen molar-refractivity contribution in [1.82, 2.24) is 9.80 Å². The van der Waals surface area contributed by atoms with Gasteiger partial charge in [-0.3, -0.25) is 9.59 Å². The quantitative estimate of drug-likeness (QED) is 0.829. The molecule has 2 atom stereocenters. The highest BCUT2D eigenvalue weighted by Crippen LogP contribution is 2.28. The number of hydrogen-bond donors (Lipinski definition) is 1. The van der Waals surface area contributed by atoms with Crippen LogP contribution < -0.4 is 5.73 Å². The largest absolute Gasteiger partial charge is 0.346 e. The maximum Gasteiger partial charge on any atom is 0.225 e. The monoisotopic (exact) mass is 345 g/mol. The van der Waals surface area contributed by atoms with E-state index in [1.807, 2.05) is 16.8 Å². The van der Waals surface area contributed by atoms with Gasteiger partial charge in [-0.25, -0.2) is 0 Å². The molecule has 5 nitrogen and oxygen atoms in total. The van der Waals surface area contributed by atoms with Gasteiger partial charge in [-0.1, -0.05) is 13.3 Å². The van der Waals surface area contributed by atoms with Gasteiger partial charge in [0.25, 0.3) is 0 Å². The average molecular weight is 346 g/mol. The molecule has 0 spiro atoms. The predicted octanol–water partition coefficient (Wildman–Crippen LogP) is 2.03. The van der Waals surface area contributed by atoms with Crippen LogP contribution in [0.2, 0.25) is 0 Å². The number of likely N-dealkylation sites (tertiary alicyclic amines) is 1. The highest BCUT2D eigenvalue weighted by molar-refractivity contribution is 5.85. The van der Waals surface area contributed by atoms with Crippen LogP contribution in [0.15, 0.2) is 0 Å².